The second-order valence-electron chi connectivity index (χ2n) is 5.70. The molecule has 24 heavy (non-hydrogen) atoms. The molecule has 0 aliphatic carbocycles. The summed E-state index contributed by atoms with van der Waals surface area (Å²) in [6.07, 6.45) is 0. The van der Waals surface area contributed by atoms with E-state index in [-0.39, 0.29) is 17.3 Å². The van der Waals surface area contributed by atoms with Crippen LogP contribution in [0.15, 0.2) is 36.4 Å². The Morgan fingerprint density at radius 2 is 1.96 bits per heavy atom. The van der Waals surface area contributed by atoms with Crippen molar-refractivity contribution in [1.29, 1.82) is 0 Å². The van der Waals surface area contributed by atoms with Crippen LogP contribution in [0.2, 0.25) is 0 Å². The molecule has 0 radical (unpaired) electrons. The summed E-state index contributed by atoms with van der Waals surface area (Å²) in [6.45, 7) is 3.60. The fourth-order valence-electron chi connectivity index (χ4n) is 2.35. The van der Waals surface area contributed by atoms with Gasteiger partial charge >= 0.3 is 5.97 Å². The summed E-state index contributed by atoms with van der Waals surface area (Å²) in [4.78, 5) is 11.3. The van der Waals surface area contributed by atoms with Gasteiger partial charge in [-0.25, -0.2) is 9.18 Å². The third-order valence-corrected chi connectivity index (χ3v) is 3.61. The Balaban J connectivity index is 2.03. The van der Waals surface area contributed by atoms with E-state index in [9.17, 15) is 14.3 Å². The number of fused-ring (bicyclic) bond motifs is 1. The van der Waals surface area contributed by atoms with E-state index in [0.717, 1.165) is 0 Å². The van der Waals surface area contributed by atoms with Crippen LogP contribution < -0.4 is 5.32 Å². The molecule has 8 heteroatoms. The summed E-state index contributed by atoms with van der Waals surface area (Å²) < 4.78 is 15.4. The Morgan fingerprint density at radius 1 is 1.21 bits per heavy atom. The number of nitrogens with zero attached hydrogens (tertiary/aromatic N) is 4. The molecule has 2 N–H and O–H groups in total. The molecule has 0 spiro atoms. The van der Waals surface area contributed by atoms with Gasteiger partial charge in [0.15, 0.2) is 11.5 Å². The maximum absolute atomic E-state index is 14.0. The zero-order valence-electron chi connectivity index (χ0n) is 13.1. The molecule has 0 amide bonds. The molecule has 0 unspecified atom stereocenters. The number of carbonyl (C=O) groups is 1. The molecular weight excluding hydrogens is 313 g/mol. The Hall–Kier alpha value is -3.03. The SMILES string of the molecule is CC(C)[C@H](Nc1ccc2nnc(-c3ccccc3F)n2n1)C(=O)O. The molecule has 3 rings (SSSR count). The first-order valence-electron chi connectivity index (χ1n) is 7.44. The average molecular weight is 329 g/mol. The lowest BCUT2D eigenvalue weighted by atomic mass is 10.1. The van der Waals surface area contributed by atoms with Crippen LogP contribution in [0.4, 0.5) is 10.2 Å². The largest absolute Gasteiger partial charge is 0.480 e. The minimum absolute atomic E-state index is 0.132. The van der Waals surface area contributed by atoms with Gasteiger partial charge in [0.2, 0.25) is 0 Å². The highest BCUT2D eigenvalue weighted by Crippen LogP contribution is 2.21. The minimum atomic E-state index is -0.968. The Labute approximate surface area is 137 Å². The third-order valence-electron chi connectivity index (χ3n) is 3.61. The van der Waals surface area contributed by atoms with Crippen LogP contribution in [0.25, 0.3) is 17.0 Å². The van der Waals surface area contributed by atoms with Crippen LogP contribution in [0, 0.1) is 11.7 Å². The summed E-state index contributed by atoms with van der Waals surface area (Å²) in [7, 11) is 0. The van der Waals surface area contributed by atoms with E-state index in [2.05, 4.69) is 20.6 Å². The predicted molar refractivity (Wildman–Crippen MR) is 86.1 cm³/mol. The maximum Gasteiger partial charge on any atom is 0.326 e. The van der Waals surface area contributed by atoms with Crippen LogP contribution in [0.1, 0.15) is 13.8 Å². The highest BCUT2D eigenvalue weighted by molar-refractivity contribution is 5.77. The van der Waals surface area contributed by atoms with Gasteiger partial charge in [-0.05, 0) is 30.2 Å². The van der Waals surface area contributed by atoms with E-state index in [1.54, 1.807) is 44.2 Å². The number of anilines is 1. The summed E-state index contributed by atoms with van der Waals surface area (Å²) in [6, 6.07) is 8.67. The van der Waals surface area contributed by atoms with Gasteiger partial charge in [0.1, 0.15) is 17.7 Å². The van der Waals surface area contributed by atoms with Gasteiger partial charge < -0.3 is 10.4 Å². The van der Waals surface area contributed by atoms with Crippen LogP contribution in [-0.2, 0) is 4.79 Å². The number of hydrogen-bond acceptors (Lipinski definition) is 5. The first-order chi connectivity index (χ1) is 11.5. The fraction of sp³-hybridized carbons (Fsp3) is 0.250. The standard InChI is InChI=1S/C16H16FN5O2/c1-9(2)14(16(23)24)18-12-7-8-13-19-20-15(22(13)21-12)10-5-3-4-6-11(10)17/h3-9,14H,1-2H3,(H,18,21)(H,23,24)/t14-/m0/s1. The second kappa shape index (κ2) is 6.23. The number of benzene rings is 1. The summed E-state index contributed by atoms with van der Waals surface area (Å²) >= 11 is 0. The highest BCUT2D eigenvalue weighted by atomic mass is 19.1. The van der Waals surface area contributed by atoms with E-state index in [1.165, 1.54) is 10.6 Å². The molecule has 2 heterocycles. The van der Waals surface area contributed by atoms with Gasteiger partial charge in [-0.1, -0.05) is 26.0 Å². The molecule has 7 nitrogen and oxygen atoms in total. The van der Waals surface area contributed by atoms with Gasteiger partial charge in [-0.2, -0.15) is 4.52 Å². The van der Waals surface area contributed by atoms with E-state index in [0.29, 0.717) is 11.5 Å². The van der Waals surface area contributed by atoms with E-state index in [1.807, 2.05) is 0 Å². The minimum Gasteiger partial charge on any atom is -0.480 e. The molecule has 0 aliphatic rings. The lowest BCUT2D eigenvalue weighted by Gasteiger charge is -2.18. The van der Waals surface area contributed by atoms with Crippen molar-refractivity contribution in [3.05, 3.63) is 42.2 Å². The van der Waals surface area contributed by atoms with Crippen molar-refractivity contribution >= 4 is 17.4 Å². The molecule has 0 fully saturated rings. The number of carboxylic acid groups (broad SMARTS) is 1. The van der Waals surface area contributed by atoms with Crippen LogP contribution >= 0.6 is 0 Å². The van der Waals surface area contributed by atoms with Crippen molar-refractivity contribution in [3.63, 3.8) is 0 Å². The molecule has 0 bridgehead atoms. The number of rotatable bonds is 5. The molecule has 1 atom stereocenters. The van der Waals surface area contributed by atoms with Gasteiger partial charge in [0, 0.05) is 0 Å². The number of carboxylic acids is 1. The van der Waals surface area contributed by atoms with E-state index < -0.39 is 17.8 Å². The summed E-state index contributed by atoms with van der Waals surface area (Å²) in [5.41, 5.74) is 0.712. The van der Waals surface area contributed by atoms with Gasteiger partial charge in [0.25, 0.3) is 0 Å². The van der Waals surface area contributed by atoms with Crippen molar-refractivity contribution in [2.24, 2.45) is 5.92 Å². The second-order valence-corrected chi connectivity index (χ2v) is 5.70. The molecular formula is C16H16FN5O2. The van der Waals surface area contributed by atoms with Crippen molar-refractivity contribution in [2.75, 3.05) is 5.32 Å². The van der Waals surface area contributed by atoms with Crippen molar-refractivity contribution in [2.45, 2.75) is 19.9 Å². The monoisotopic (exact) mass is 329 g/mol. The Bertz CT molecular complexity index is 893. The third kappa shape index (κ3) is 2.90. The van der Waals surface area contributed by atoms with Gasteiger partial charge in [-0.3, -0.25) is 0 Å². The number of halogens is 1. The lowest BCUT2D eigenvalue weighted by molar-refractivity contribution is -0.138. The summed E-state index contributed by atoms with van der Waals surface area (Å²) in [5.74, 6) is -0.932. The first-order valence-corrected chi connectivity index (χ1v) is 7.44. The zero-order chi connectivity index (χ0) is 17.3. The number of aromatic nitrogens is 4. The van der Waals surface area contributed by atoms with E-state index >= 15 is 0 Å². The molecule has 0 saturated carbocycles. The Kier molecular flexibility index (Phi) is 4.11. The Morgan fingerprint density at radius 3 is 2.62 bits per heavy atom. The molecule has 0 aliphatic heterocycles. The summed E-state index contributed by atoms with van der Waals surface area (Å²) in [5, 5.41) is 24.4. The average Bonchev–Trinajstić information content (AvgIpc) is 2.95. The van der Waals surface area contributed by atoms with Crippen molar-refractivity contribution in [3.8, 4) is 11.4 Å². The normalized spacial score (nSPS) is 12.5. The van der Waals surface area contributed by atoms with Crippen LogP contribution in [-0.4, -0.2) is 36.9 Å². The molecule has 124 valence electrons. The highest BCUT2D eigenvalue weighted by Gasteiger charge is 2.22. The number of aliphatic carboxylic acids is 1. The molecule has 3 aromatic rings. The van der Waals surface area contributed by atoms with Crippen LogP contribution in [0.3, 0.4) is 0 Å². The maximum atomic E-state index is 14.0. The zero-order valence-corrected chi connectivity index (χ0v) is 13.1. The smallest absolute Gasteiger partial charge is 0.326 e. The molecule has 2 aromatic heterocycles. The van der Waals surface area contributed by atoms with Crippen molar-refractivity contribution < 1.29 is 14.3 Å². The first kappa shape index (κ1) is 15.9. The number of hydrogen-bond donors (Lipinski definition) is 2. The quantitative estimate of drug-likeness (QED) is 0.747. The fourth-order valence-corrected chi connectivity index (χ4v) is 2.35. The molecule has 1 aromatic carbocycles. The van der Waals surface area contributed by atoms with Gasteiger partial charge in [-0.15, -0.1) is 15.3 Å². The van der Waals surface area contributed by atoms with Crippen LogP contribution in [0.5, 0.6) is 0 Å². The van der Waals surface area contributed by atoms with Gasteiger partial charge in [0.05, 0.1) is 5.56 Å². The molecule has 0 saturated heterocycles. The van der Waals surface area contributed by atoms with E-state index in [4.69, 9.17) is 0 Å². The van der Waals surface area contributed by atoms with Crippen molar-refractivity contribution in [1.82, 2.24) is 19.8 Å². The topological polar surface area (TPSA) is 92.4 Å². The lowest BCUT2D eigenvalue weighted by Crippen LogP contribution is -2.34. The number of nitrogens with one attached hydrogen (secondary N) is 1. The predicted octanol–water partition coefficient (Wildman–Crippen LogP) is 2.45.